The average Bonchev–Trinajstić information content (AvgIpc) is 3.16. The van der Waals surface area contributed by atoms with Gasteiger partial charge < -0.3 is 10.1 Å². The molecule has 1 heterocycles. The Labute approximate surface area is 162 Å². The molecule has 27 heavy (non-hydrogen) atoms. The van der Waals surface area contributed by atoms with E-state index in [1.165, 1.54) is 17.3 Å². The first kappa shape index (κ1) is 19.0. The van der Waals surface area contributed by atoms with Gasteiger partial charge in [0.2, 0.25) is 11.1 Å². The Morgan fingerprint density at radius 3 is 2.59 bits per heavy atom. The highest BCUT2D eigenvalue weighted by atomic mass is 32.2. The molecule has 3 aromatic rings. The van der Waals surface area contributed by atoms with Gasteiger partial charge in [-0.3, -0.25) is 9.89 Å². The van der Waals surface area contributed by atoms with Crippen LogP contribution in [0, 0.1) is 6.92 Å². The number of thioether (sulfide) groups is 1. The molecular weight excluding hydrogens is 360 g/mol. The van der Waals surface area contributed by atoms with E-state index >= 15 is 0 Å². The molecule has 0 aliphatic rings. The van der Waals surface area contributed by atoms with Gasteiger partial charge in [0.1, 0.15) is 5.75 Å². The lowest BCUT2D eigenvalue weighted by molar-refractivity contribution is -0.118. The molecule has 0 radical (unpaired) electrons. The monoisotopic (exact) mass is 382 g/mol. The summed E-state index contributed by atoms with van der Waals surface area (Å²) in [6.07, 6.45) is 0.776. The van der Waals surface area contributed by atoms with Gasteiger partial charge in [-0.1, -0.05) is 53.7 Å². The normalized spacial score (nSPS) is 10.6. The molecule has 140 valence electrons. The van der Waals surface area contributed by atoms with Crippen LogP contribution in [0.15, 0.2) is 53.7 Å². The third kappa shape index (κ3) is 5.59. The van der Waals surface area contributed by atoms with E-state index in [9.17, 15) is 4.79 Å². The van der Waals surface area contributed by atoms with Gasteiger partial charge in [0.15, 0.2) is 5.82 Å². The topological polar surface area (TPSA) is 79.9 Å². The summed E-state index contributed by atoms with van der Waals surface area (Å²) in [6, 6.07) is 15.9. The number of hydrogen-bond donors (Lipinski definition) is 2. The number of methoxy groups -OCH3 is 1. The quantitative estimate of drug-likeness (QED) is 0.585. The maximum Gasteiger partial charge on any atom is 0.230 e. The number of benzene rings is 2. The van der Waals surface area contributed by atoms with Crippen molar-refractivity contribution in [1.29, 1.82) is 0 Å². The number of hydrogen-bond acceptors (Lipinski definition) is 5. The lowest BCUT2D eigenvalue weighted by atomic mass is 10.1. The average molecular weight is 382 g/mol. The number of amides is 1. The van der Waals surface area contributed by atoms with Crippen LogP contribution in [-0.4, -0.2) is 40.5 Å². The molecule has 0 unspecified atom stereocenters. The summed E-state index contributed by atoms with van der Waals surface area (Å²) in [4.78, 5) is 16.4. The van der Waals surface area contributed by atoms with Gasteiger partial charge >= 0.3 is 0 Å². The largest absolute Gasteiger partial charge is 0.497 e. The lowest BCUT2D eigenvalue weighted by Gasteiger charge is -2.05. The van der Waals surface area contributed by atoms with E-state index in [0.717, 1.165) is 23.3 Å². The van der Waals surface area contributed by atoms with Crippen LogP contribution in [0.1, 0.15) is 11.1 Å². The predicted molar refractivity (Wildman–Crippen MR) is 107 cm³/mol. The van der Waals surface area contributed by atoms with Gasteiger partial charge in [-0.25, -0.2) is 4.98 Å². The molecule has 6 nitrogen and oxygen atoms in total. The number of carbonyl (C=O) groups excluding carboxylic acids is 1. The summed E-state index contributed by atoms with van der Waals surface area (Å²) in [5, 5.41) is 10.6. The standard InChI is InChI=1S/C20H22N4O2S/c1-14-3-7-16(8-4-14)19-22-20(24-23-19)27-13-18(25)21-12-11-15-5-9-17(26-2)10-6-15/h3-10H,11-13H2,1-2H3,(H,21,25)(H,22,23,24). The van der Waals surface area contributed by atoms with Crippen LogP contribution in [0.3, 0.4) is 0 Å². The molecule has 3 rings (SSSR count). The molecule has 0 fully saturated rings. The van der Waals surface area contributed by atoms with E-state index in [1.807, 2.05) is 55.5 Å². The fourth-order valence-corrected chi connectivity index (χ4v) is 3.10. The molecule has 0 aliphatic heterocycles. The second kappa shape index (κ2) is 9.23. The maximum atomic E-state index is 12.0. The predicted octanol–water partition coefficient (Wildman–Crippen LogP) is 3.24. The summed E-state index contributed by atoms with van der Waals surface area (Å²) in [6.45, 7) is 2.63. The van der Waals surface area contributed by atoms with Crippen molar-refractivity contribution < 1.29 is 9.53 Å². The molecule has 0 bridgehead atoms. The molecule has 2 N–H and O–H groups in total. The number of ether oxygens (including phenoxy) is 1. The second-order valence-electron chi connectivity index (χ2n) is 6.07. The van der Waals surface area contributed by atoms with Crippen LogP contribution in [-0.2, 0) is 11.2 Å². The number of aromatic amines is 1. The number of aryl methyl sites for hydroxylation is 1. The van der Waals surface area contributed by atoms with Crippen molar-refractivity contribution in [2.45, 2.75) is 18.5 Å². The number of rotatable bonds is 8. The van der Waals surface area contributed by atoms with Gasteiger partial charge in [-0.05, 0) is 31.0 Å². The van der Waals surface area contributed by atoms with Crippen LogP contribution in [0.4, 0.5) is 0 Å². The molecule has 0 spiro atoms. The first-order chi connectivity index (χ1) is 13.1. The first-order valence-electron chi connectivity index (χ1n) is 8.66. The summed E-state index contributed by atoms with van der Waals surface area (Å²) >= 11 is 1.32. The maximum absolute atomic E-state index is 12.0. The van der Waals surface area contributed by atoms with Crippen molar-refractivity contribution in [1.82, 2.24) is 20.5 Å². The molecule has 0 saturated heterocycles. The highest BCUT2D eigenvalue weighted by Crippen LogP contribution is 2.19. The molecule has 1 amide bonds. The first-order valence-corrected chi connectivity index (χ1v) is 9.64. The molecule has 0 saturated carbocycles. The summed E-state index contributed by atoms with van der Waals surface area (Å²) in [5.41, 5.74) is 3.32. The van der Waals surface area contributed by atoms with Gasteiger partial charge in [-0.15, -0.1) is 5.10 Å². The number of nitrogens with zero attached hydrogens (tertiary/aromatic N) is 2. The van der Waals surface area contributed by atoms with Crippen molar-refractivity contribution in [2.24, 2.45) is 0 Å². The zero-order valence-corrected chi connectivity index (χ0v) is 16.2. The van der Waals surface area contributed by atoms with Gasteiger partial charge in [0, 0.05) is 12.1 Å². The lowest BCUT2D eigenvalue weighted by Crippen LogP contribution is -2.27. The van der Waals surface area contributed by atoms with Crippen molar-refractivity contribution in [2.75, 3.05) is 19.4 Å². The second-order valence-corrected chi connectivity index (χ2v) is 7.01. The Bertz CT molecular complexity index is 876. The molecule has 0 atom stereocenters. The van der Waals surface area contributed by atoms with E-state index in [2.05, 4.69) is 20.5 Å². The number of carbonyl (C=O) groups is 1. The Balaban J connectivity index is 1.42. The fourth-order valence-electron chi connectivity index (χ4n) is 2.47. The minimum Gasteiger partial charge on any atom is -0.497 e. The zero-order chi connectivity index (χ0) is 19.1. The summed E-state index contributed by atoms with van der Waals surface area (Å²) in [5.74, 6) is 1.79. The number of H-pyrrole nitrogens is 1. The van der Waals surface area contributed by atoms with Gasteiger partial charge in [0.05, 0.1) is 12.9 Å². The molecule has 7 heteroatoms. The molecule has 1 aromatic heterocycles. The van der Waals surface area contributed by atoms with E-state index < -0.39 is 0 Å². The van der Waals surface area contributed by atoms with Crippen LogP contribution in [0.25, 0.3) is 11.4 Å². The number of nitrogens with one attached hydrogen (secondary N) is 2. The van der Waals surface area contributed by atoms with Gasteiger partial charge in [-0.2, -0.15) is 0 Å². The highest BCUT2D eigenvalue weighted by molar-refractivity contribution is 7.99. The summed E-state index contributed by atoms with van der Waals surface area (Å²) in [7, 11) is 1.64. The van der Waals surface area contributed by atoms with Crippen LogP contribution < -0.4 is 10.1 Å². The van der Waals surface area contributed by atoms with E-state index in [4.69, 9.17) is 4.74 Å². The molecular formula is C20H22N4O2S. The smallest absolute Gasteiger partial charge is 0.230 e. The molecule has 2 aromatic carbocycles. The van der Waals surface area contributed by atoms with Crippen molar-refractivity contribution in [3.8, 4) is 17.1 Å². The summed E-state index contributed by atoms with van der Waals surface area (Å²) < 4.78 is 5.13. The third-order valence-corrected chi connectivity index (χ3v) is 4.86. The Morgan fingerprint density at radius 2 is 1.89 bits per heavy atom. The van der Waals surface area contributed by atoms with Crippen molar-refractivity contribution in [3.63, 3.8) is 0 Å². The Hall–Kier alpha value is -2.80. The van der Waals surface area contributed by atoms with E-state index in [-0.39, 0.29) is 11.7 Å². The number of aromatic nitrogens is 3. The van der Waals surface area contributed by atoms with E-state index in [1.54, 1.807) is 7.11 Å². The Morgan fingerprint density at radius 1 is 1.15 bits per heavy atom. The van der Waals surface area contributed by atoms with E-state index in [0.29, 0.717) is 17.5 Å². The fraction of sp³-hybridized carbons (Fsp3) is 0.250. The Kier molecular flexibility index (Phi) is 6.49. The zero-order valence-electron chi connectivity index (χ0n) is 15.4. The van der Waals surface area contributed by atoms with Crippen LogP contribution in [0.5, 0.6) is 5.75 Å². The minimum atomic E-state index is -0.0322. The minimum absolute atomic E-state index is 0.0322. The van der Waals surface area contributed by atoms with Crippen molar-refractivity contribution in [3.05, 3.63) is 59.7 Å². The highest BCUT2D eigenvalue weighted by Gasteiger charge is 2.09. The third-order valence-electron chi connectivity index (χ3n) is 4.02. The van der Waals surface area contributed by atoms with Crippen molar-refractivity contribution >= 4 is 17.7 Å². The molecule has 0 aliphatic carbocycles. The SMILES string of the molecule is COc1ccc(CCNC(=O)CSc2n[nH]c(-c3ccc(C)cc3)n2)cc1. The van der Waals surface area contributed by atoms with Gasteiger partial charge in [0.25, 0.3) is 0 Å². The van der Waals surface area contributed by atoms with Crippen LogP contribution in [0.2, 0.25) is 0 Å². The van der Waals surface area contributed by atoms with Crippen LogP contribution >= 0.6 is 11.8 Å².